The van der Waals surface area contributed by atoms with E-state index in [0.29, 0.717) is 6.04 Å². The van der Waals surface area contributed by atoms with Crippen molar-refractivity contribution >= 4 is 0 Å². The van der Waals surface area contributed by atoms with E-state index in [2.05, 4.69) is 30.0 Å². The van der Waals surface area contributed by atoms with Gasteiger partial charge in [-0.25, -0.2) is 0 Å². The Labute approximate surface area is 91.1 Å². The minimum Gasteiger partial charge on any atom is -0.329 e. The number of fused-ring (bicyclic) bond motifs is 1. The lowest BCUT2D eigenvalue weighted by atomic mass is 10.0. The molecule has 1 aliphatic carbocycles. The fraction of sp³-hybridized carbons (Fsp3) is 0.538. The Balaban J connectivity index is 2.00. The van der Waals surface area contributed by atoms with Gasteiger partial charge < -0.3 is 5.73 Å². The van der Waals surface area contributed by atoms with Gasteiger partial charge in [0.05, 0.1) is 0 Å². The van der Waals surface area contributed by atoms with Crippen molar-refractivity contribution in [3.05, 3.63) is 34.9 Å². The Kier molecular flexibility index (Phi) is 2.08. The van der Waals surface area contributed by atoms with E-state index in [1.54, 1.807) is 0 Å². The molecule has 0 spiro atoms. The maximum absolute atomic E-state index is 5.91. The van der Waals surface area contributed by atoms with Gasteiger partial charge in [0.25, 0.3) is 0 Å². The molecule has 1 aromatic rings. The molecule has 0 aromatic heterocycles. The predicted octanol–water partition coefficient (Wildman–Crippen LogP) is 1.97. The maximum Gasteiger partial charge on any atom is 0.0480 e. The summed E-state index contributed by atoms with van der Waals surface area (Å²) < 4.78 is 0. The highest BCUT2D eigenvalue weighted by Gasteiger charge is 2.39. The summed E-state index contributed by atoms with van der Waals surface area (Å²) in [6.07, 6.45) is 2.73. The molecule has 3 rings (SSSR count). The van der Waals surface area contributed by atoms with Crippen molar-refractivity contribution in [2.24, 2.45) is 5.73 Å². The van der Waals surface area contributed by atoms with E-state index in [4.69, 9.17) is 5.73 Å². The van der Waals surface area contributed by atoms with E-state index in [9.17, 15) is 0 Å². The standard InChI is InChI=1S/C13H18N2/c1-9-3-2-4-11-12(9)8-15(10-5-6-10)13(11)7-14/h2-4,10,13H,5-8,14H2,1H3. The van der Waals surface area contributed by atoms with Crippen LogP contribution in [-0.2, 0) is 6.54 Å². The van der Waals surface area contributed by atoms with Gasteiger partial charge in [-0.15, -0.1) is 0 Å². The number of rotatable bonds is 2. The van der Waals surface area contributed by atoms with Crippen LogP contribution in [0.3, 0.4) is 0 Å². The lowest BCUT2D eigenvalue weighted by Crippen LogP contribution is -2.29. The molecule has 0 amide bonds. The van der Waals surface area contributed by atoms with E-state index in [0.717, 1.165) is 19.1 Å². The van der Waals surface area contributed by atoms with Gasteiger partial charge in [-0.2, -0.15) is 0 Å². The highest BCUT2D eigenvalue weighted by Crippen LogP contribution is 2.42. The Hall–Kier alpha value is -0.860. The molecule has 1 aliphatic heterocycles. The normalized spacial score (nSPS) is 25.6. The summed E-state index contributed by atoms with van der Waals surface area (Å²) in [5.74, 6) is 0. The number of nitrogens with two attached hydrogens (primary N) is 1. The van der Waals surface area contributed by atoms with Crippen LogP contribution >= 0.6 is 0 Å². The minimum atomic E-state index is 0.479. The molecule has 2 heteroatoms. The van der Waals surface area contributed by atoms with Crippen molar-refractivity contribution in [2.45, 2.75) is 38.4 Å². The Morgan fingerprint density at radius 2 is 2.20 bits per heavy atom. The van der Waals surface area contributed by atoms with E-state index in [1.165, 1.54) is 29.5 Å². The molecule has 1 fully saturated rings. The molecule has 0 saturated heterocycles. The molecule has 1 atom stereocenters. The van der Waals surface area contributed by atoms with Crippen molar-refractivity contribution in [3.8, 4) is 0 Å². The van der Waals surface area contributed by atoms with Crippen LogP contribution in [-0.4, -0.2) is 17.5 Å². The van der Waals surface area contributed by atoms with Gasteiger partial charge in [-0.05, 0) is 36.5 Å². The summed E-state index contributed by atoms with van der Waals surface area (Å²) in [6.45, 7) is 4.09. The van der Waals surface area contributed by atoms with E-state index >= 15 is 0 Å². The molecule has 0 bridgehead atoms. The average Bonchev–Trinajstić information content (AvgIpc) is 3.00. The van der Waals surface area contributed by atoms with Gasteiger partial charge in [0.2, 0.25) is 0 Å². The third-order valence-corrected chi connectivity index (χ3v) is 3.79. The number of benzene rings is 1. The number of hydrogen-bond donors (Lipinski definition) is 1. The second-order valence-electron chi connectivity index (χ2n) is 4.80. The molecule has 15 heavy (non-hydrogen) atoms. The fourth-order valence-corrected chi connectivity index (χ4v) is 2.78. The van der Waals surface area contributed by atoms with Crippen LogP contribution in [0.5, 0.6) is 0 Å². The third-order valence-electron chi connectivity index (χ3n) is 3.79. The summed E-state index contributed by atoms with van der Waals surface area (Å²) in [4.78, 5) is 2.59. The molecule has 2 aliphatic rings. The van der Waals surface area contributed by atoms with Crippen LogP contribution < -0.4 is 5.73 Å². The zero-order valence-electron chi connectivity index (χ0n) is 9.24. The Morgan fingerprint density at radius 3 is 2.87 bits per heavy atom. The van der Waals surface area contributed by atoms with Gasteiger partial charge in [0.15, 0.2) is 0 Å². The molecule has 1 saturated carbocycles. The monoisotopic (exact) mass is 202 g/mol. The molecule has 1 heterocycles. The van der Waals surface area contributed by atoms with Crippen molar-refractivity contribution in [1.29, 1.82) is 0 Å². The second kappa shape index (κ2) is 3.32. The number of hydrogen-bond acceptors (Lipinski definition) is 2. The first-order valence-electron chi connectivity index (χ1n) is 5.85. The maximum atomic E-state index is 5.91. The van der Waals surface area contributed by atoms with Gasteiger partial charge in [0, 0.05) is 25.2 Å². The van der Waals surface area contributed by atoms with E-state index in [1.807, 2.05) is 0 Å². The van der Waals surface area contributed by atoms with Crippen molar-refractivity contribution in [2.75, 3.05) is 6.54 Å². The van der Waals surface area contributed by atoms with Gasteiger partial charge in [-0.3, -0.25) is 4.90 Å². The number of nitrogens with zero attached hydrogens (tertiary/aromatic N) is 1. The van der Waals surface area contributed by atoms with Crippen LogP contribution in [0.1, 0.15) is 35.6 Å². The van der Waals surface area contributed by atoms with Crippen molar-refractivity contribution in [1.82, 2.24) is 4.90 Å². The predicted molar refractivity (Wildman–Crippen MR) is 61.5 cm³/mol. The van der Waals surface area contributed by atoms with Gasteiger partial charge in [0.1, 0.15) is 0 Å². The Morgan fingerprint density at radius 1 is 1.40 bits per heavy atom. The second-order valence-corrected chi connectivity index (χ2v) is 4.80. The molecular weight excluding hydrogens is 184 g/mol. The summed E-state index contributed by atoms with van der Waals surface area (Å²) in [6, 6.07) is 7.91. The highest BCUT2D eigenvalue weighted by molar-refractivity contribution is 5.40. The molecule has 1 unspecified atom stereocenters. The van der Waals surface area contributed by atoms with Crippen LogP contribution in [0.15, 0.2) is 18.2 Å². The SMILES string of the molecule is Cc1cccc2c1CN(C1CC1)C2CN. The molecular formula is C13H18N2. The summed E-state index contributed by atoms with van der Waals surface area (Å²) >= 11 is 0. The lowest BCUT2D eigenvalue weighted by molar-refractivity contribution is 0.209. The van der Waals surface area contributed by atoms with E-state index in [-0.39, 0.29) is 0 Å². The number of aryl methyl sites for hydroxylation is 1. The van der Waals surface area contributed by atoms with Crippen molar-refractivity contribution in [3.63, 3.8) is 0 Å². The van der Waals surface area contributed by atoms with Crippen LogP contribution in [0.25, 0.3) is 0 Å². The smallest absolute Gasteiger partial charge is 0.0480 e. The third kappa shape index (κ3) is 1.40. The van der Waals surface area contributed by atoms with Crippen LogP contribution in [0, 0.1) is 6.92 Å². The van der Waals surface area contributed by atoms with Gasteiger partial charge in [-0.1, -0.05) is 18.2 Å². The first-order chi connectivity index (χ1) is 7.31. The zero-order chi connectivity index (χ0) is 10.4. The molecule has 80 valence electrons. The first-order valence-corrected chi connectivity index (χ1v) is 5.85. The van der Waals surface area contributed by atoms with E-state index < -0.39 is 0 Å². The van der Waals surface area contributed by atoms with Gasteiger partial charge >= 0.3 is 0 Å². The largest absolute Gasteiger partial charge is 0.329 e. The molecule has 2 N–H and O–H groups in total. The van der Waals surface area contributed by atoms with Crippen LogP contribution in [0.2, 0.25) is 0 Å². The van der Waals surface area contributed by atoms with Crippen LogP contribution in [0.4, 0.5) is 0 Å². The zero-order valence-corrected chi connectivity index (χ0v) is 9.24. The summed E-state index contributed by atoms with van der Waals surface area (Å²) in [5.41, 5.74) is 10.3. The average molecular weight is 202 g/mol. The minimum absolute atomic E-state index is 0.479. The van der Waals surface area contributed by atoms with Crippen molar-refractivity contribution < 1.29 is 0 Å². The molecule has 2 nitrogen and oxygen atoms in total. The molecule has 1 aromatic carbocycles. The lowest BCUT2D eigenvalue weighted by Gasteiger charge is -2.23. The highest BCUT2D eigenvalue weighted by atomic mass is 15.2. The summed E-state index contributed by atoms with van der Waals surface area (Å²) in [5, 5.41) is 0. The topological polar surface area (TPSA) is 29.3 Å². The fourth-order valence-electron chi connectivity index (χ4n) is 2.78. The summed E-state index contributed by atoms with van der Waals surface area (Å²) in [7, 11) is 0. The molecule has 0 radical (unpaired) electrons. The first kappa shape index (κ1) is 9.37. The Bertz CT molecular complexity index is 382. The quantitative estimate of drug-likeness (QED) is 0.794.